The Hall–Kier alpha value is -1.98. The molecule has 5 heteroatoms. The fourth-order valence-corrected chi connectivity index (χ4v) is 3.89. The third kappa shape index (κ3) is 7.56. The van der Waals surface area contributed by atoms with Crippen LogP contribution in [0.4, 0.5) is 0 Å². The van der Waals surface area contributed by atoms with Gasteiger partial charge in [0.05, 0.1) is 12.2 Å². The number of Topliss-reactive ketones (excluding diaryl/α,β-unsaturated/α-hetero) is 1. The molecule has 1 fully saturated rings. The lowest BCUT2D eigenvalue weighted by molar-refractivity contribution is -0.305. The molecule has 1 aliphatic carbocycles. The van der Waals surface area contributed by atoms with Crippen molar-refractivity contribution < 1.29 is 24.9 Å². The molecule has 28 heavy (non-hydrogen) atoms. The molecule has 0 bridgehead atoms. The number of benzene rings is 1. The summed E-state index contributed by atoms with van der Waals surface area (Å²) in [6.45, 7) is 0. The van der Waals surface area contributed by atoms with E-state index in [1.165, 1.54) is 5.56 Å². The highest BCUT2D eigenvalue weighted by Gasteiger charge is 2.39. The van der Waals surface area contributed by atoms with Gasteiger partial charge in [-0.3, -0.25) is 4.79 Å². The molecule has 5 nitrogen and oxygen atoms in total. The molecule has 1 aliphatic rings. The fraction of sp³-hybridized carbons (Fsp3) is 0.565. The summed E-state index contributed by atoms with van der Waals surface area (Å²) in [5, 5.41) is 30.9. The van der Waals surface area contributed by atoms with Gasteiger partial charge in [-0.25, -0.2) is 0 Å². The lowest BCUT2D eigenvalue weighted by atomic mass is 9.88. The average Bonchev–Trinajstić information content (AvgIpc) is 2.94. The first-order chi connectivity index (χ1) is 13.5. The van der Waals surface area contributed by atoms with Crippen molar-refractivity contribution in [3.05, 3.63) is 48.0 Å². The molecule has 1 unspecified atom stereocenters. The first-order valence-corrected chi connectivity index (χ1v) is 10.3. The monoisotopic (exact) mass is 387 g/mol. The SMILES string of the molecule is O=C([O-])CCCCCCC1C(=O)C[C@@H](O)[C@@H]1/C=C/[C@@H](O)CCc1ccccc1. The number of unbranched alkanes of at least 4 members (excludes halogenated alkanes) is 3. The number of aliphatic hydroxyl groups is 2. The van der Waals surface area contributed by atoms with Gasteiger partial charge in [-0.2, -0.15) is 0 Å². The maximum atomic E-state index is 12.2. The standard InChI is InChI=1S/C23H32O5/c24-18(13-12-17-8-4-3-5-9-17)14-15-20-19(21(25)16-22(20)26)10-6-1-2-7-11-23(27)28/h3-5,8-9,14-15,18-20,22,24,26H,1-2,6-7,10-13,16H2,(H,27,28)/p-1/b15-14+/t18-,19?,20+,22+/m0/s1. The third-order valence-electron chi connectivity index (χ3n) is 5.51. The Balaban J connectivity index is 1.77. The number of carbonyl (C=O) groups excluding carboxylic acids is 2. The molecule has 2 N–H and O–H groups in total. The van der Waals surface area contributed by atoms with Crippen LogP contribution in [-0.4, -0.2) is 34.2 Å². The molecule has 0 radical (unpaired) electrons. The predicted molar refractivity (Wildman–Crippen MR) is 105 cm³/mol. The number of aliphatic hydroxyl groups excluding tert-OH is 2. The van der Waals surface area contributed by atoms with Crippen LogP contribution in [0, 0.1) is 11.8 Å². The Labute approximate surface area is 167 Å². The first-order valence-electron chi connectivity index (χ1n) is 10.3. The summed E-state index contributed by atoms with van der Waals surface area (Å²) in [6.07, 6.45) is 7.63. The van der Waals surface area contributed by atoms with Crippen molar-refractivity contribution in [2.75, 3.05) is 0 Å². The van der Waals surface area contributed by atoms with Crippen LogP contribution < -0.4 is 5.11 Å². The Morgan fingerprint density at radius 3 is 2.61 bits per heavy atom. The summed E-state index contributed by atoms with van der Waals surface area (Å²) in [5.74, 6) is -1.41. The molecular formula is C23H31O5-. The van der Waals surface area contributed by atoms with Crippen molar-refractivity contribution in [2.24, 2.45) is 11.8 Å². The minimum atomic E-state index is -1.02. The van der Waals surface area contributed by atoms with Crippen molar-refractivity contribution in [1.82, 2.24) is 0 Å². The van der Waals surface area contributed by atoms with Gasteiger partial charge in [0.1, 0.15) is 5.78 Å². The second-order valence-corrected chi connectivity index (χ2v) is 7.72. The van der Waals surface area contributed by atoms with E-state index in [4.69, 9.17) is 0 Å². The molecule has 0 aliphatic heterocycles. The van der Waals surface area contributed by atoms with Gasteiger partial charge >= 0.3 is 0 Å². The number of carbonyl (C=O) groups is 2. The summed E-state index contributed by atoms with van der Waals surface area (Å²) in [7, 11) is 0. The Kier molecular flexibility index (Phi) is 9.38. The number of aliphatic carboxylic acids is 1. The summed E-state index contributed by atoms with van der Waals surface area (Å²) in [4.78, 5) is 22.6. The molecule has 1 aromatic carbocycles. The maximum Gasteiger partial charge on any atom is 0.139 e. The van der Waals surface area contributed by atoms with Crippen LogP contribution in [0.5, 0.6) is 0 Å². The number of aryl methyl sites for hydroxylation is 1. The van der Waals surface area contributed by atoms with Crippen LogP contribution in [0.3, 0.4) is 0 Å². The van der Waals surface area contributed by atoms with E-state index in [9.17, 15) is 24.9 Å². The maximum absolute atomic E-state index is 12.2. The Morgan fingerprint density at radius 1 is 1.18 bits per heavy atom. The molecule has 0 amide bonds. The summed E-state index contributed by atoms with van der Waals surface area (Å²) in [6, 6.07) is 9.96. The molecule has 1 aromatic rings. The van der Waals surface area contributed by atoms with Crippen molar-refractivity contribution in [1.29, 1.82) is 0 Å². The van der Waals surface area contributed by atoms with E-state index in [2.05, 4.69) is 0 Å². The highest BCUT2D eigenvalue weighted by atomic mass is 16.4. The largest absolute Gasteiger partial charge is 0.550 e. The summed E-state index contributed by atoms with van der Waals surface area (Å²) < 4.78 is 0. The molecule has 4 atom stereocenters. The molecule has 154 valence electrons. The fourth-order valence-electron chi connectivity index (χ4n) is 3.89. The van der Waals surface area contributed by atoms with Crippen LogP contribution in [-0.2, 0) is 16.0 Å². The van der Waals surface area contributed by atoms with E-state index in [1.807, 2.05) is 36.4 Å². The molecule has 2 rings (SSSR count). The zero-order valence-electron chi connectivity index (χ0n) is 16.3. The van der Waals surface area contributed by atoms with Crippen molar-refractivity contribution in [3.8, 4) is 0 Å². The average molecular weight is 387 g/mol. The van der Waals surface area contributed by atoms with Gasteiger partial charge in [-0.1, -0.05) is 61.7 Å². The Bertz CT molecular complexity index is 640. The van der Waals surface area contributed by atoms with Crippen LogP contribution >= 0.6 is 0 Å². The molecule has 0 heterocycles. The lowest BCUT2D eigenvalue weighted by Crippen LogP contribution is -2.21. The van der Waals surface area contributed by atoms with Gasteiger partial charge in [0, 0.05) is 24.2 Å². The molecule has 0 spiro atoms. The summed E-state index contributed by atoms with van der Waals surface area (Å²) >= 11 is 0. The number of hydrogen-bond acceptors (Lipinski definition) is 5. The predicted octanol–water partition coefficient (Wildman–Crippen LogP) is 2.19. The third-order valence-corrected chi connectivity index (χ3v) is 5.51. The van der Waals surface area contributed by atoms with Crippen molar-refractivity contribution in [2.45, 2.75) is 70.0 Å². The second-order valence-electron chi connectivity index (χ2n) is 7.72. The highest BCUT2D eigenvalue weighted by Crippen LogP contribution is 2.34. The van der Waals surface area contributed by atoms with Gasteiger partial charge in [0.2, 0.25) is 0 Å². The second kappa shape index (κ2) is 11.8. The zero-order chi connectivity index (χ0) is 20.4. The molecule has 1 saturated carbocycles. The number of ketones is 1. The van der Waals surface area contributed by atoms with Crippen molar-refractivity contribution >= 4 is 11.8 Å². The molecule has 0 aromatic heterocycles. The quantitative estimate of drug-likeness (QED) is 0.423. The van der Waals surface area contributed by atoms with E-state index in [1.54, 1.807) is 6.08 Å². The lowest BCUT2D eigenvalue weighted by Gasteiger charge is -2.18. The van der Waals surface area contributed by atoms with E-state index >= 15 is 0 Å². The number of carboxylic acids is 1. The van der Waals surface area contributed by atoms with Gasteiger partial charge < -0.3 is 20.1 Å². The zero-order valence-corrected chi connectivity index (χ0v) is 16.3. The Morgan fingerprint density at radius 2 is 1.89 bits per heavy atom. The normalized spacial score (nSPS) is 23.4. The van der Waals surface area contributed by atoms with Crippen LogP contribution in [0.1, 0.15) is 56.9 Å². The molecular weight excluding hydrogens is 356 g/mol. The van der Waals surface area contributed by atoms with E-state index in [-0.39, 0.29) is 30.5 Å². The summed E-state index contributed by atoms with van der Waals surface area (Å²) in [5.41, 5.74) is 1.17. The van der Waals surface area contributed by atoms with Crippen LogP contribution in [0.25, 0.3) is 0 Å². The molecule has 0 saturated heterocycles. The van der Waals surface area contributed by atoms with E-state index in [0.29, 0.717) is 19.3 Å². The van der Waals surface area contributed by atoms with E-state index in [0.717, 1.165) is 25.7 Å². The van der Waals surface area contributed by atoms with E-state index < -0.39 is 18.2 Å². The minimum absolute atomic E-state index is 0.0767. The number of rotatable bonds is 12. The topological polar surface area (TPSA) is 97.7 Å². The van der Waals surface area contributed by atoms with Gasteiger partial charge in [-0.05, 0) is 37.7 Å². The highest BCUT2D eigenvalue weighted by molar-refractivity contribution is 5.84. The van der Waals surface area contributed by atoms with Gasteiger partial charge in [-0.15, -0.1) is 0 Å². The van der Waals surface area contributed by atoms with Crippen molar-refractivity contribution in [3.63, 3.8) is 0 Å². The first kappa shape index (κ1) is 22.3. The minimum Gasteiger partial charge on any atom is -0.550 e. The van der Waals surface area contributed by atoms with Gasteiger partial charge in [0.15, 0.2) is 0 Å². The van der Waals surface area contributed by atoms with Crippen LogP contribution in [0.2, 0.25) is 0 Å². The van der Waals surface area contributed by atoms with Gasteiger partial charge in [0.25, 0.3) is 0 Å². The number of carboxylic acid groups (broad SMARTS) is 1. The van der Waals surface area contributed by atoms with Crippen LogP contribution in [0.15, 0.2) is 42.5 Å². The number of hydrogen-bond donors (Lipinski definition) is 2. The smallest absolute Gasteiger partial charge is 0.139 e.